The van der Waals surface area contributed by atoms with Crippen LogP contribution >= 0.6 is 11.8 Å². The Hall–Kier alpha value is -0.670. The number of benzene rings is 1. The van der Waals surface area contributed by atoms with E-state index in [1.807, 2.05) is 30.0 Å². The Bertz CT molecular complexity index is 302. The molecule has 1 unspecified atom stereocenters. The molecule has 1 N–H and O–H groups in total. The van der Waals surface area contributed by atoms with Crippen LogP contribution in [0.4, 0.5) is 0 Å². The van der Waals surface area contributed by atoms with Crippen LogP contribution in [0.15, 0.2) is 24.3 Å². The van der Waals surface area contributed by atoms with E-state index < -0.39 is 0 Å². The first-order valence-electron chi connectivity index (χ1n) is 5.61. The summed E-state index contributed by atoms with van der Waals surface area (Å²) >= 11 is 1.83. The first-order valence-corrected chi connectivity index (χ1v) is 6.76. The van der Waals surface area contributed by atoms with Crippen molar-refractivity contribution >= 4 is 11.8 Å². The highest BCUT2D eigenvalue weighted by molar-refractivity contribution is 7.99. The summed E-state index contributed by atoms with van der Waals surface area (Å²) in [6, 6.07) is 8.05. The van der Waals surface area contributed by atoms with E-state index in [1.165, 1.54) is 5.56 Å². The van der Waals surface area contributed by atoms with Gasteiger partial charge < -0.3 is 9.84 Å². The molecule has 0 saturated heterocycles. The minimum absolute atomic E-state index is 0.269. The molecule has 16 heavy (non-hydrogen) atoms. The van der Waals surface area contributed by atoms with Gasteiger partial charge in [0.05, 0.1) is 6.61 Å². The quantitative estimate of drug-likeness (QED) is 0.743. The molecule has 90 valence electrons. The van der Waals surface area contributed by atoms with Crippen LogP contribution in [0, 0.1) is 12.8 Å². The number of aryl methyl sites for hydroxylation is 1. The summed E-state index contributed by atoms with van der Waals surface area (Å²) < 4.78 is 5.67. The summed E-state index contributed by atoms with van der Waals surface area (Å²) in [5.41, 5.74) is 1.18. The molecular formula is C13H20O2S. The Morgan fingerprint density at radius 1 is 1.38 bits per heavy atom. The maximum atomic E-state index is 8.86. The number of aliphatic hydroxyl groups is 1. The fourth-order valence-electron chi connectivity index (χ4n) is 1.27. The third-order valence-electron chi connectivity index (χ3n) is 2.29. The molecule has 0 aliphatic rings. The van der Waals surface area contributed by atoms with Gasteiger partial charge in [-0.05, 0) is 30.2 Å². The Kier molecular flexibility index (Phi) is 6.34. The fourth-order valence-corrected chi connectivity index (χ4v) is 2.14. The molecular weight excluding hydrogens is 220 g/mol. The Balaban J connectivity index is 2.14. The van der Waals surface area contributed by atoms with Gasteiger partial charge in [-0.3, -0.25) is 0 Å². The van der Waals surface area contributed by atoms with Crippen molar-refractivity contribution in [3.63, 3.8) is 0 Å². The molecule has 0 saturated carbocycles. The van der Waals surface area contributed by atoms with Crippen molar-refractivity contribution in [2.75, 3.05) is 24.7 Å². The van der Waals surface area contributed by atoms with Crippen LogP contribution in [-0.4, -0.2) is 29.8 Å². The first kappa shape index (κ1) is 13.4. The van der Waals surface area contributed by atoms with Crippen LogP contribution in [0.25, 0.3) is 0 Å². The molecule has 0 spiro atoms. The third kappa shape index (κ3) is 4.90. The van der Waals surface area contributed by atoms with E-state index in [0.717, 1.165) is 23.9 Å². The minimum atomic E-state index is 0.269. The van der Waals surface area contributed by atoms with E-state index in [4.69, 9.17) is 9.84 Å². The highest BCUT2D eigenvalue weighted by Gasteiger charge is 2.00. The SMILES string of the molecule is Cc1ccccc1OCCSCC(C)CO. The number of hydrogen-bond acceptors (Lipinski definition) is 3. The van der Waals surface area contributed by atoms with Gasteiger partial charge in [0.1, 0.15) is 5.75 Å². The van der Waals surface area contributed by atoms with Crippen LogP contribution < -0.4 is 4.74 Å². The molecule has 1 atom stereocenters. The van der Waals surface area contributed by atoms with Gasteiger partial charge in [-0.2, -0.15) is 11.8 Å². The smallest absolute Gasteiger partial charge is 0.122 e. The van der Waals surface area contributed by atoms with Gasteiger partial charge in [0.25, 0.3) is 0 Å². The maximum Gasteiger partial charge on any atom is 0.122 e. The summed E-state index contributed by atoms with van der Waals surface area (Å²) in [5, 5.41) is 8.86. The summed E-state index contributed by atoms with van der Waals surface area (Å²) in [5.74, 6) is 3.31. The molecule has 0 heterocycles. The standard InChI is InChI=1S/C13H20O2S/c1-11(9-14)10-16-8-7-15-13-6-4-3-5-12(13)2/h3-6,11,14H,7-10H2,1-2H3. The second-order valence-corrected chi connectivity index (χ2v) is 5.13. The molecule has 0 aliphatic carbocycles. The molecule has 0 amide bonds. The van der Waals surface area contributed by atoms with Crippen molar-refractivity contribution in [2.24, 2.45) is 5.92 Å². The average molecular weight is 240 g/mol. The van der Waals surface area contributed by atoms with Crippen molar-refractivity contribution in [1.82, 2.24) is 0 Å². The van der Waals surface area contributed by atoms with Gasteiger partial charge >= 0.3 is 0 Å². The zero-order chi connectivity index (χ0) is 11.8. The number of rotatable bonds is 7. The number of hydrogen-bond donors (Lipinski definition) is 1. The number of ether oxygens (including phenoxy) is 1. The maximum absolute atomic E-state index is 8.86. The lowest BCUT2D eigenvalue weighted by Gasteiger charge is -2.10. The molecule has 2 nitrogen and oxygen atoms in total. The summed E-state index contributed by atoms with van der Waals surface area (Å²) in [7, 11) is 0. The van der Waals surface area contributed by atoms with Gasteiger partial charge in [-0.25, -0.2) is 0 Å². The zero-order valence-corrected chi connectivity index (χ0v) is 10.8. The van der Waals surface area contributed by atoms with Gasteiger partial charge in [0, 0.05) is 12.4 Å². The second-order valence-electron chi connectivity index (χ2n) is 3.98. The average Bonchev–Trinajstić information content (AvgIpc) is 2.30. The largest absolute Gasteiger partial charge is 0.492 e. The number of thioether (sulfide) groups is 1. The van der Waals surface area contributed by atoms with E-state index >= 15 is 0 Å². The van der Waals surface area contributed by atoms with Crippen molar-refractivity contribution in [3.8, 4) is 5.75 Å². The van der Waals surface area contributed by atoms with E-state index in [2.05, 4.69) is 19.9 Å². The van der Waals surface area contributed by atoms with Crippen LogP contribution in [0.1, 0.15) is 12.5 Å². The molecule has 0 aliphatic heterocycles. The highest BCUT2D eigenvalue weighted by Crippen LogP contribution is 2.16. The van der Waals surface area contributed by atoms with Crippen LogP contribution in [0.5, 0.6) is 5.75 Å². The molecule has 0 aromatic heterocycles. The Labute approximate surface area is 102 Å². The first-order chi connectivity index (χ1) is 7.74. The van der Waals surface area contributed by atoms with Gasteiger partial charge in [0.2, 0.25) is 0 Å². The number of para-hydroxylation sites is 1. The highest BCUT2D eigenvalue weighted by atomic mass is 32.2. The predicted octanol–water partition coefficient (Wildman–Crippen LogP) is 2.74. The van der Waals surface area contributed by atoms with E-state index in [-0.39, 0.29) is 6.61 Å². The predicted molar refractivity (Wildman–Crippen MR) is 70.2 cm³/mol. The van der Waals surface area contributed by atoms with Crippen molar-refractivity contribution in [3.05, 3.63) is 29.8 Å². The molecule has 1 aromatic rings. The molecule has 1 aromatic carbocycles. The van der Waals surface area contributed by atoms with Gasteiger partial charge in [-0.1, -0.05) is 25.1 Å². The minimum Gasteiger partial charge on any atom is -0.492 e. The summed E-state index contributed by atoms with van der Waals surface area (Å²) in [6.07, 6.45) is 0. The van der Waals surface area contributed by atoms with E-state index in [9.17, 15) is 0 Å². The Morgan fingerprint density at radius 2 is 2.12 bits per heavy atom. The Morgan fingerprint density at radius 3 is 2.81 bits per heavy atom. The monoisotopic (exact) mass is 240 g/mol. The van der Waals surface area contributed by atoms with Crippen LogP contribution in [-0.2, 0) is 0 Å². The van der Waals surface area contributed by atoms with E-state index in [1.54, 1.807) is 0 Å². The molecule has 0 fully saturated rings. The van der Waals surface area contributed by atoms with Crippen molar-refractivity contribution in [1.29, 1.82) is 0 Å². The normalized spacial score (nSPS) is 12.4. The molecule has 0 radical (unpaired) electrons. The fraction of sp³-hybridized carbons (Fsp3) is 0.538. The van der Waals surface area contributed by atoms with Crippen LogP contribution in [0.3, 0.4) is 0 Å². The lowest BCUT2D eigenvalue weighted by atomic mass is 10.2. The van der Waals surface area contributed by atoms with E-state index in [0.29, 0.717) is 5.92 Å². The molecule has 1 rings (SSSR count). The molecule has 3 heteroatoms. The number of aliphatic hydroxyl groups excluding tert-OH is 1. The lowest BCUT2D eigenvalue weighted by molar-refractivity contribution is 0.250. The second kappa shape index (κ2) is 7.58. The summed E-state index contributed by atoms with van der Waals surface area (Å²) in [4.78, 5) is 0. The lowest BCUT2D eigenvalue weighted by Crippen LogP contribution is -2.07. The molecule has 0 bridgehead atoms. The van der Waals surface area contributed by atoms with Crippen LogP contribution in [0.2, 0.25) is 0 Å². The zero-order valence-electron chi connectivity index (χ0n) is 9.98. The third-order valence-corrected chi connectivity index (χ3v) is 3.55. The van der Waals surface area contributed by atoms with Crippen molar-refractivity contribution in [2.45, 2.75) is 13.8 Å². The topological polar surface area (TPSA) is 29.5 Å². The van der Waals surface area contributed by atoms with Gasteiger partial charge in [-0.15, -0.1) is 0 Å². The summed E-state index contributed by atoms with van der Waals surface area (Å²) in [6.45, 7) is 5.10. The van der Waals surface area contributed by atoms with Gasteiger partial charge in [0.15, 0.2) is 0 Å². The van der Waals surface area contributed by atoms with Crippen molar-refractivity contribution < 1.29 is 9.84 Å².